The zero-order valence-electron chi connectivity index (χ0n) is 17.3. The monoisotopic (exact) mass is 433 g/mol. The van der Waals surface area contributed by atoms with Crippen molar-refractivity contribution in [1.82, 2.24) is 10.4 Å². The molecule has 0 saturated carbocycles. The first kappa shape index (κ1) is 20.4. The quantitative estimate of drug-likeness (QED) is 0.794. The van der Waals surface area contributed by atoms with Crippen LogP contribution in [-0.2, 0) is 32.3 Å². The van der Waals surface area contributed by atoms with E-state index in [-0.39, 0.29) is 31.1 Å². The van der Waals surface area contributed by atoms with Crippen LogP contribution in [0, 0.1) is 0 Å². The Balaban J connectivity index is 1.31. The molecule has 0 bridgehead atoms. The third-order valence-electron chi connectivity index (χ3n) is 5.66. The summed E-state index contributed by atoms with van der Waals surface area (Å²) in [7, 11) is 0. The van der Waals surface area contributed by atoms with Crippen molar-refractivity contribution in [2.24, 2.45) is 0 Å². The molecule has 2 atom stereocenters. The Kier molecular flexibility index (Phi) is 5.72. The molecule has 3 aliphatic rings. The lowest BCUT2D eigenvalue weighted by Gasteiger charge is -2.33. The summed E-state index contributed by atoms with van der Waals surface area (Å²) in [5.41, 5.74) is 3.03. The van der Waals surface area contributed by atoms with Crippen LogP contribution < -0.4 is 10.2 Å². The highest BCUT2D eigenvalue weighted by Gasteiger charge is 2.38. The average molecular weight is 433 g/mol. The molecule has 0 spiro atoms. The summed E-state index contributed by atoms with van der Waals surface area (Å²) >= 11 is 0. The molecule has 2 aliphatic heterocycles. The number of fused-ring (bicyclic) bond motifs is 2. The summed E-state index contributed by atoms with van der Waals surface area (Å²) in [6, 6.07) is 16.7. The zero-order chi connectivity index (χ0) is 21.9. The van der Waals surface area contributed by atoms with E-state index in [0.717, 1.165) is 16.8 Å². The largest absolute Gasteiger partial charge is 0.444 e. The van der Waals surface area contributed by atoms with Crippen LogP contribution in [-0.4, -0.2) is 42.5 Å². The minimum Gasteiger partial charge on any atom is -0.444 e. The fraction of sp³-hybridized carbons (Fsp3) is 0.250. The number of carbonyl (C=O) groups is 2. The fourth-order valence-corrected chi connectivity index (χ4v) is 4.06. The van der Waals surface area contributed by atoms with Gasteiger partial charge in [0.25, 0.3) is 0 Å². The van der Waals surface area contributed by atoms with Gasteiger partial charge in [-0.1, -0.05) is 60.7 Å². The van der Waals surface area contributed by atoms with Gasteiger partial charge in [-0.25, -0.2) is 4.79 Å². The van der Waals surface area contributed by atoms with Crippen LogP contribution in [0.4, 0.5) is 10.5 Å². The van der Waals surface area contributed by atoms with Crippen LogP contribution in [0.15, 0.2) is 78.5 Å². The number of para-hydroxylation sites is 1. The van der Waals surface area contributed by atoms with Gasteiger partial charge in [-0.2, -0.15) is 5.06 Å². The van der Waals surface area contributed by atoms with Gasteiger partial charge in [0.15, 0.2) is 13.0 Å². The number of anilines is 1. The van der Waals surface area contributed by atoms with E-state index in [9.17, 15) is 9.59 Å². The predicted octanol–water partition coefficient (Wildman–Crippen LogP) is 2.87. The topological polar surface area (TPSA) is 80.3 Å². The van der Waals surface area contributed by atoms with Gasteiger partial charge >= 0.3 is 6.09 Å². The van der Waals surface area contributed by atoms with Crippen LogP contribution in [0.25, 0.3) is 0 Å². The number of Topliss-reactive ketones (excluding diaryl/α,β-unsaturated/α-hetero) is 1. The smallest absolute Gasteiger partial charge is 0.412 e. The maximum atomic E-state index is 13.3. The standard InChI is InChI=1S/C24H23N3O5/c28-23-19(25-24(29)30-15-17-7-2-1-3-8-17)10-6-12-21(23)26-14-22-27(32-16-31-22)13-18-9-4-5-11-20(18)26/h1-12,21-22H,13-16H2,(H,25,29). The predicted molar refractivity (Wildman–Crippen MR) is 116 cm³/mol. The van der Waals surface area contributed by atoms with Crippen molar-refractivity contribution < 1.29 is 23.9 Å². The van der Waals surface area contributed by atoms with E-state index in [2.05, 4.69) is 5.32 Å². The normalized spacial score (nSPS) is 22.6. The SMILES string of the molecule is O=C(NC1=CC=CC(N2CC3OCON3Cc3ccccc32)C1=O)OCc1ccccc1. The van der Waals surface area contributed by atoms with Crippen LogP contribution in [0.1, 0.15) is 11.1 Å². The number of ether oxygens (including phenoxy) is 2. The molecule has 1 aliphatic carbocycles. The van der Waals surface area contributed by atoms with Gasteiger partial charge in [-0.15, -0.1) is 0 Å². The molecule has 1 amide bonds. The van der Waals surface area contributed by atoms with Crippen molar-refractivity contribution >= 4 is 17.6 Å². The molecule has 164 valence electrons. The van der Waals surface area contributed by atoms with Crippen LogP contribution in [0.5, 0.6) is 0 Å². The Morgan fingerprint density at radius 1 is 1.12 bits per heavy atom. The molecule has 32 heavy (non-hydrogen) atoms. The first-order valence-corrected chi connectivity index (χ1v) is 10.4. The zero-order valence-corrected chi connectivity index (χ0v) is 17.3. The number of amides is 1. The molecule has 0 aromatic heterocycles. The summed E-state index contributed by atoms with van der Waals surface area (Å²) in [6.45, 7) is 1.33. The van der Waals surface area contributed by atoms with Gasteiger partial charge in [0.2, 0.25) is 5.78 Å². The molecule has 1 saturated heterocycles. The van der Waals surface area contributed by atoms with E-state index in [1.165, 1.54) is 0 Å². The van der Waals surface area contributed by atoms with Crippen molar-refractivity contribution in [1.29, 1.82) is 0 Å². The Hall–Kier alpha value is -3.46. The average Bonchev–Trinajstić information content (AvgIpc) is 3.19. The number of allylic oxidation sites excluding steroid dienone is 2. The Labute approximate surface area is 185 Å². The summed E-state index contributed by atoms with van der Waals surface area (Å²) < 4.78 is 11.0. The van der Waals surface area contributed by atoms with Crippen LogP contribution >= 0.6 is 0 Å². The molecular formula is C24H23N3O5. The Bertz CT molecular complexity index is 1070. The molecule has 1 N–H and O–H groups in total. The van der Waals surface area contributed by atoms with Gasteiger partial charge in [0.05, 0.1) is 18.8 Å². The van der Waals surface area contributed by atoms with Gasteiger partial charge < -0.3 is 14.4 Å². The summed E-state index contributed by atoms with van der Waals surface area (Å²) in [6.07, 6.45) is 4.23. The van der Waals surface area contributed by atoms with E-state index in [4.69, 9.17) is 14.3 Å². The second-order valence-electron chi connectivity index (χ2n) is 7.69. The highest BCUT2D eigenvalue weighted by molar-refractivity contribution is 6.05. The number of rotatable bonds is 4. The number of ketones is 1. The Morgan fingerprint density at radius 3 is 2.81 bits per heavy atom. The third kappa shape index (κ3) is 4.16. The number of benzene rings is 2. The second-order valence-corrected chi connectivity index (χ2v) is 7.69. The maximum absolute atomic E-state index is 13.3. The van der Waals surface area contributed by atoms with Gasteiger partial charge in [-0.3, -0.25) is 14.9 Å². The molecule has 1 fully saturated rings. The van der Waals surface area contributed by atoms with E-state index in [0.29, 0.717) is 13.1 Å². The number of carbonyl (C=O) groups excluding carboxylic acids is 2. The summed E-state index contributed by atoms with van der Waals surface area (Å²) in [5.74, 6) is -0.216. The van der Waals surface area contributed by atoms with Gasteiger partial charge in [0.1, 0.15) is 12.6 Å². The second kappa shape index (κ2) is 8.96. The molecular weight excluding hydrogens is 410 g/mol. The third-order valence-corrected chi connectivity index (χ3v) is 5.66. The van der Waals surface area contributed by atoms with Crippen molar-refractivity contribution in [3.05, 3.63) is 89.6 Å². The van der Waals surface area contributed by atoms with E-state index < -0.39 is 12.1 Å². The molecule has 2 heterocycles. The molecule has 0 radical (unpaired) electrons. The molecule has 5 rings (SSSR count). The first-order valence-electron chi connectivity index (χ1n) is 10.4. The minimum atomic E-state index is -0.669. The van der Waals surface area contributed by atoms with E-state index in [1.807, 2.05) is 65.6 Å². The molecule has 2 aromatic carbocycles. The van der Waals surface area contributed by atoms with Gasteiger partial charge in [0, 0.05) is 5.69 Å². The van der Waals surface area contributed by atoms with Crippen molar-refractivity contribution in [2.75, 3.05) is 18.2 Å². The molecule has 8 heteroatoms. The number of hydrogen-bond acceptors (Lipinski definition) is 7. The first-order chi connectivity index (χ1) is 15.7. The number of nitrogens with zero attached hydrogens (tertiary/aromatic N) is 2. The van der Waals surface area contributed by atoms with E-state index >= 15 is 0 Å². The number of hydroxylamine groups is 2. The minimum absolute atomic E-state index is 0.127. The number of alkyl carbamates (subject to hydrolysis) is 1. The maximum Gasteiger partial charge on any atom is 0.412 e. The fourth-order valence-electron chi connectivity index (χ4n) is 4.06. The van der Waals surface area contributed by atoms with Crippen molar-refractivity contribution in [3.8, 4) is 0 Å². The number of nitrogens with one attached hydrogen (secondary N) is 1. The summed E-state index contributed by atoms with van der Waals surface area (Å²) in [5, 5.41) is 4.40. The van der Waals surface area contributed by atoms with Crippen molar-refractivity contribution in [3.63, 3.8) is 0 Å². The summed E-state index contributed by atoms with van der Waals surface area (Å²) in [4.78, 5) is 33.2. The van der Waals surface area contributed by atoms with Crippen molar-refractivity contribution in [2.45, 2.75) is 25.4 Å². The lowest BCUT2D eigenvalue weighted by atomic mass is 10.0. The molecule has 2 aromatic rings. The number of hydrogen-bond donors (Lipinski definition) is 1. The van der Waals surface area contributed by atoms with Crippen LogP contribution in [0.3, 0.4) is 0 Å². The molecule has 8 nitrogen and oxygen atoms in total. The van der Waals surface area contributed by atoms with Gasteiger partial charge in [-0.05, 0) is 23.3 Å². The van der Waals surface area contributed by atoms with E-state index in [1.54, 1.807) is 17.2 Å². The van der Waals surface area contributed by atoms with Crippen LogP contribution in [0.2, 0.25) is 0 Å². The Morgan fingerprint density at radius 2 is 1.94 bits per heavy atom. The lowest BCUT2D eigenvalue weighted by Crippen LogP contribution is -2.48. The highest BCUT2D eigenvalue weighted by atomic mass is 16.8. The molecule has 2 unspecified atom stereocenters. The highest BCUT2D eigenvalue weighted by Crippen LogP contribution is 2.32. The lowest BCUT2D eigenvalue weighted by molar-refractivity contribution is -0.136.